The molecule has 1 saturated carbocycles. The first-order valence-electron chi connectivity index (χ1n) is 5.64. The van der Waals surface area contributed by atoms with E-state index < -0.39 is 16.3 Å². The number of nitro groups is 1. The van der Waals surface area contributed by atoms with E-state index in [0.29, 0.717) is 18.5 Å². The van der Waals surface area contributed by atoms with Crippen LogP contribution in [0.15, 0.2) is 18.2 Å². The summed E-state index contributed by atoms with van der Waals surface area (Å²) in [6, 6.07) is 5.87. The lowest BCUT2D eigenvalue weighted by molar-refractivity contribution is -0.385. The van der Waals surface area contributed by atoms with Crippen molar-refractivity contribution < 1.29 is 14.8 Å². The Morgan fingerprint density at radius 1 is 1.58 bits per heavy atom. The van der Waals surface area contributed by atoms with Crippen LogP contribution in [0.1, 0.15) is 18.4 Å². The van der Waals surface area contributed by atoms with Crippen molar-refractivity contribution in [2.24, 2.45) is 5.41 Å². The second-order valence-electron chi connectivity index (χ2n) is 4.54. The number of hydrogen-bond donors (Lipinski definition) is 2. The van der Waals surface area contributed by atoms with Crippen LogP contribution in [0.3, 0.4) is 0 Å². The fourth-order valence-electron chi connectivity index (χ4n) is 1.78. The summed E-state index contributed by atoms with van der Waals surface area (Å²) in [5.74, 6) is -0.858. The Morgan fingerprint density at radius 3 is 2.74 bits per heavy atom. The van der Waals surface area contributed by atoms with Crippen LogP contribution in [0.25, 0.3) is 0 Å². The number of nitrogens with one attached hydrogen (secondary N) is 1. The van der Waals surface area contributed by atoms with Crippen LogP contribution in [0.5, 0.6) is 0 Å². The van der Waals surface area contributed by atoms with Crippen LogP contribution in [-0.4, -0.2) is 22.5 Å². The van der Waals surface area contributed by atoms with Gasteiger partial charge in [0.2, 0.25) is 0 Å². The molecule has 0 aromatic heterocycles. The minimum absolute atomic E-state index is 0.0186. The Hall–Kier alpha value is -2.62. The molecule has 1 aliphatic carbocycles. The molecule has 1 aromatic carbocycles. The van der Waals surface area contributed by atoms with E-state index in [-0.39, 0.29) is 17.8 Å². The van der Waals surface area contributed by atoms with Gasteiger partial charge in [0.15, 0.2) is 0 Å². The minimum Gasteiger partial charge on any atom is -0.481 e. The van der Waals surface area contributed by atoms with Gasteiger partial charge in [-0.3, -0.25) is 14.9 Å². The van der Waals surface area contributed by atoms with Gasteiger partial charge in [0.25, 0.3) is 5.69 Å². The Kier molecular flexibility index (Phi) is 3.09. The number of hydrogen-bond acceptors (Lipinski definition) is 5. The van der Waals surface area contributed by atoms with Gasteiger partial charge in [-0.2, -0.15) is 5.26 Å². The highest BCUT2D eigenvalue weighted by Gasteiger charge is 2.50. The molecule has 7 nitrogen and oxygen atoms in total. The third-order valence-corrected chi connectivity index (χ3v) is 3.25. The summed E-state index contributed by atoms with van der Waals surface area (Å²) in [5.41, 5.74) is -0.608. The zero-order valence-electron chi connectivity index (χ0n) is 9.92. The number of carboxylic acids is 1. The summed E-state index contributed by atoms with van der Waals surface area (Å²) in [7, 11) is 0. The molecule has 0 radical (unpaired) electrons. The highest BCUT2D eigenvalue weighted by atomic mass is 16.6. The average Bonchev–Trinajstić information content (AvgIpc) is 3.17. The van der Waals surface area contributed by atoms with Crippen LogP contribution in [0.4, 0.5) is 11.4 Å². The maximum absolute atomic E-state index is 11.0. The number of nitro benzene ring substituents is 1. The van der Waals surface area contributed by atoms with Gasteiger partial charge in [0.1, 0.15) is 11.6 Å². The number of anilines is 1. The Bertz CT molecular complexity index is 587. The molecule has 7 heteroatoms. The second-order valence-corrected chi connectivity index (χ2v) is 4.54. The van der Waals surface area contributed by atoms with Gasteiger partial charge in [0, 0.05) is 18.3 Å². The number of aliphatic carboxylic acids is 1. The third-order valence-electron chi connectivity index (χ3n) is 3.25. The molecule has 2 rings (SSSR count). The number of carbonyl (C=O) groups is 1. The van der Waals surface area contributed by atoms with Gasteiger partial charge in [-0.1, -0.05) is 0 Å². The zero-order valence-corrected chi connectivity index (χ0v) is 9.92. The lowest BCUT2D eigenvalue weighted by Crippen LogP contribution is -2.24. The van der Waals surface area contributed by atoms with Gasteiger partial charge in [-0.15, -0.1) is 0 Å². The number of rotatable bonds is 5. The van der Waals surface area contributed by atoms with Crippen molar-refractivity contribution in [2.75, 3.05) is 11.9 Å². The average molecular weight is 261 g/mol. The minimum atomic E-state index is -0.858. The first kappa shape index (κ1) is 12.8. The van der Waals surface area contributed by atoms with Crippen molar-refractivity contribution in [1.82, 2.24) is 0 Å². The van der Waals surface area contributed by atoms with E-state index in [4.69, 9.17) is 10.4 Å². The van der Waals surface area contributed by atoms with Crippen molar-refractivity contribution >= 4 is 17.3 Å². The SMILES string of the molecule is N#Cc1ccc(NCC2(C(=O)O)CC2)cc1[N+](=O)[O-]. The standard InChI is InChI=1S/C12H11N3O4/c13-6-8-1-2-9(5-10(8)15(18)19)14-7-12(3-4-12)11(16)17/h1-2,5,14H,3-4,7H2,(H,16,17). The Morgan fingerprint density at radius 2 is 2.26 bits per heavy atom. The molecule has 2 N–H and O–H groups in total. The fraction of sp³-hybridized carbons (Fsp3) is 0.333. The Balaban J connectivity index is 2.14. The largest absolute Gasteiger partial charge is 0.481 e. The summed E-state index contributed by atoms with van der Waals surface area (Å²) < 4.78 is 0. The lowest BCUT2D eigenvalue weighted by Gasteiger charge is -2.12. The molecule has 19 heavy (non-hydrogen) atoms. The predicted octanol–water partition coefficient (Wildman–Crippen LogP) is 1.74. The van der Waals surface area contributed by atoms with Crippen LogP contribution >= 0.6 is 0 Å². The number of nitriles is 1. The quantitative estimate of drug-likeness (QED) is 0.616. The number of benzene rings is 1. The molecule has 0 aliphatic heterocycles. The molecule has 98 valence electrons. The van der Waals surface area contributed by atoms with Crippen LogP contribution in [-0.2, 0) is 4.79 Å². The van der Waals surface area contributed by atoms with Crippen molar-refractivity contribution in [3.63, 3.8) is 0 Å². The van der Waals surface area contributed by atoms with E-state index in [2.05, 4.69) is 5.32 Å². The summed E-state index contributed by atoms with van der Waals surface area (Å²) in [6.45, 7) is 0.228. The third kappa shape index (κ3) is 2.47. The van der Waals surface area contributed by atoms with Crippen molar-refractivity contribution in [3.05, 3.63) is 33.9 Å². The lowest BCUT2D eigenvalue weighted by atomic mass is 10.1. The summed E-state index contributed by atoms with van der Waals surface area (Å²) in [4.78, 5) is 21.1. The molecule has 1 fully saturated rings. The maximum Gasteiger partial charge on any atom is 0.311 e. The number of carboxylic acid groups (broad SMARTS) is 1. The number of nitrogens with zero attached hydrogens (tertiary/aromatic N) is 2. The van der Waals surface area contributed by atoms with Gasteiger partial charge in [-0.25, -0.2) is 0 Å². The molecule has 1 aromatic rings. The Labute approximate surface area is 108 Å². The molecular weight excluding hydrogens is 250 g/mol. The topological polar surface area (TPSA) is 116 Å². The summed E-state index contributed by atoms with van der Waals surface area (Å²) >= 11 is 0. The van der Waals surface area contributed by atoms with Gasteiger partial charge in [0.05, 0.1) is 10.3 Å². The summed E-state index contributed by atoms with van der Waals surface area (Å²) in [6.07, 6.45) is 1.21. The van der Waals surface area contributed by atoms with E-state index in [1.165, 1.54) is 18.2 Å². The molecule has 0 heterocycles. The molecule has 0 bridgehead atoms. The molecule has 0 saturated heterocycles. The highest BCUT2D eigenvalue weighted by Crippen LogP contribution is 2.45. The van der Waals surface area contributed by atoms with Crippen LogP contribution < -0.4 is 5.32 Å². The summed E-state index contributed by atoms with van der Waals surface area (Å²) in [5, 5.41) is 31.4. The van der Waals surface area contributed by atoms with E-state index in [1.54, 1.807) is 6.07 Å². The fourth-order valence-corrected chi connectivity index (χ4v) is 1.78. The molecule has 0 atom stereocenters. The normalized spacial score (nSPS) is 15.3. The van der Waals surface area contributed by atoms with Crippen LogP contribution in [0.2, 0.25) is 0 Å². The molecule has 1 aliphatic rings. The first-order chi connectivity index (χ1) is 8.98. The van der Waals surface area contributed by atoms with Crippen molar-refractivity contribution in [2.45, 2.75) is 12.8 Å². The van der Waals surface area contributed by atoms with Crippen molar-refractivity contribution in [1.29, 1.82) is 5.26 Å². The molecule has 0 amide bonds. The van der Waals surface area contributed by atoms with E-state index in [1.807, 2.05) is 0 Å². The smallest absolute Gasteiger partial charge is 0.311 e. The highest BCUT2D eigenvalue weighted by molar-refractivity contribution is 5.78. The van der Waals surface area contributed by atoms with E-state index in [9.17, 15) is 14.9 Å². The van der Waals surface area contributed by atoms with E-state index >= 15 is 0 Å². The van der Waals surface area contributed by atoms with Crippen LogP contribution in [0, 0.1) is 26.9 Å². The maximum atomic E-state index is 11.0. The van der Waals surface area contributed by atoms with Gasteiger partial charge < -0.3 is 10.4 Å². The predicted molar refractivity (Wildman–Crippen MR) is 65.6 cm³/mol. The zero-order chi connectivity index (χ0) is 14.0. The van der Waals surface area contributed by atoms with Gasteiger partial charge in [-0.05, 0) is 25.0 Å². The molecular formula is C12H11N3O4. The first-order valence-corrected chi connectivity index (χ1v) is 5.64. The second kappa shape index (κ2) is 4.57. The van der Waals surface area contributed by atoms with Gasteiger partial charge >= 0.3 is 5.97 Å². The van der Waals surface area contributed by atoms with Crippen molar-refractivity contribution in [3.8, 4) is 6.07 Å². The monoisotopic (exact) mass is 261 g/mol. The molecule has 0 spiro atoms. The molecule has 0 unspecified atom stereocenters. The van der Waals surface area contributed by atoms with E-state index in [0.717, 1.165) is 0 Å².